The Hall–Kier alpha value is -2.79. The molecule has 0 spiro atoms. The van der Waals surface area contributed by atoms with Crippen LogP contribution in [0.5, 0.6) is 0 Å². The first-order valence-electron chi connectivity index (χ1n) is 11.4. The molecule has 0 saturated carbocycles. The van der Waals surface area contributed by atoms with Gasteiger partial charge in [-0.15, -0.1) is 11.3 Å². The van der Waals surface area contributed by atoms with Gasteiger partial charge in [-0.3, -0.25) is 14.9 Å². The second-order valence-electron chi connectivity index (χ2n) is 8.91. The molecular formula is C25H26ClN3O5S2. The molecule has 0 radical (unpaired) electrons. The highest BCUT2D eigenvalue weighted by atomic mass is 35.5. The number of carbonyl (C=O) groups is 1. The van der Waals surface area contributed by atoms with Gasteiger partial charge in [0.15, 0.2) is 0 Å². The fraction of sp³-hybridized carbons (Fsp3) is 0.320. The topological polar surface area (TPSA) is 101 Å². The quantitative estimate of drug-likeness (QED) is 0.299. The van der Waals surface area contributed by atoms with Gasteiger partial charge in [0.25, 0.3) is 5.69 Å². The number of nitro benzene ring substituents is 1. The molecule has 1 atom stereocenters. The van der Waals surface area contributed by atoms with Crippen LogP contribution in [0.4, 0.5) is 5.69 Å². The number of nitrogens with zero attached hydrogens (tertiary/aromatic N) is 3. The molecule has 190 valence electrons. The molecule has 36 heavy (non-hydrogen) atoms. The van der Waals surface area contributed by atoms with Crippen molar-refractivity contribution in [2.45, 2.75) is 44.2 Å². The van der Waals surface area contributed by atoms with E-state index in [1.165, 1.54) is 17.0 Å². The monoisotopic (exact) mass is 547 g/mol. The Balaban J connectivity index is 1.70. The summed E-state index contributed by atoms with van der Waals surface area (Å²) in [5.74, 6) is -0.333. The maximum Gasteiger partial charge on any atom is 0.289 e. The van der Waals surface area contributed by atoms with Crippen molar-refractivity contribution in [3.05, 3.63) is 90.6 Å². The first kappa shape index (κ1) is 26.3. The van der Waals surface area contributed by atoms with E-state index in [1.807, 2.05) is 42.6 Å². The third kappa shape index (κ3) is 4.90. The van der Waals surface area contributed by atoms with Gasteiger partial charge in [-0.05, 0) is 67.5 Å². The molecule has 0 unspecified atom stereocenters. The number of hydrogen-bond donors (Lipinski definition) is 0. The normalized spacial score (nSPS) is 15.8. The van der Waals surface area contributed by atoms with Crippen molar-refractivity contribution < 1.29 is 18.1 Å². The first-order chi connectivity index (χ1) is 17.0. The Bertz CT molecular complexity index is 1420. The maximum absolute atomic E-state index is 13.7. The minimum absolute atomic E-state index is 0.160. The number of rotatable bonds is 7. The number of hydrogen-bond acceptors (Lipinski definition) is 6. The van der Waals surface area contributed by atoms with E-state index in [4.69, 9.17) is 11.6 Å². The Morgan fingerprint density at radius 1 is 1.22 bits per heavy atom. The summed E-state index contributed by atoms with van der Waals surface area (Å²) in [5, 5.41) is 13.2. The van der Waals surface area contributed by atoms with E-state index in [9.17, 15) is 23.3 Å². The van der Waals surface area contributed by atoms with Crippen molar-refractivity contribution in [3.8, 4) is 0 Å². The molecule has 1 aliphatic heterocycles. The summed E-state index contributed by atoms with van der Waals surface area (Å²) in [6.45, 7) is 5.40. The number of halogens is 1. The van der Waals surface area contributed by atoms with Crippen molar-refractivity contribution >= 4 is 44.6 Å². The smallest absolute Gasteiger partial charge is 0.289 e. The van der Waals surface area contributed by atoms with Crippen LogP contribution in [0, 0.1) is 17.0 Å². The zero-order chi connectivity index (χ0) is 26.2. The fourth-order valence-electron chi connectivity index (χ4n) is 4.51. The maximum atomic E-state index is 13.7. The lowest BCUT2D eigenvalue weighted by Crippen LogP contribution is -2.48. The molecule has 2 heterocycles. The van der Waals surface area contributed by atoms with E-state index in [2.05, 4.69) is 0 Å². The zero-order valence-corrected chi connectivity index (χ0v) is 22.4. The molecule has 1 aromatic heterocycles. The van der Waals surface area contributed by atoms with E-state index in [-0.39, 0.29) is 21.9 Å². The summed E-state index contributed by atoms with van der Waals surface area (Å²) in [7, 11) is -4.22. The third-order valence-electron chi connectivity index (χ3n) is 6.36. The van der Waals surface area contributed by atoms with Crippen LogP contribution in [0.15, 0.2) is 58.8 Å². The lowest BCUT2D eigenvalue weighted by Gasteiger charge is -2.38. The number of nitro groups is 1. The minimum Gasteiger partial charge on any atom is -0.330 e. The van der Waals surface area contributed by atoms with Gasteiger partial charge in [0, 0.05) is 23.5 Å². The Morgan fingerprint density at radius 3 is 2.61 bits per heavy atom. The van der Waals surface area contributed by atoms with Gasteiger partial charge in [-0.25, -0.2) is 8.42 Å². The number of fused-ring (bicyclic) bond motifs is 1. The number of sulfonamides is 1. The van der Waals surface area contributed by atoms with Crippen LogP contribution in [0.25, 0.3) is 0 Å². The number of carbonyl (C=O) groups excluding carboxylic acids is 1. The van der Waals surface area contributed by atoms with Gasteiger partial charge < -0.3 is 4.90 Å². The van der Waals surface area contributed by atoms with Gasteiger partial charge in [-0.2, -0.15) is 4.31 Å². The zero-order valence-electron chi connectivity index (χ0n) is 20.0. The highest BCUT2D eigenvalue weighted by molar-refractivity contribution is 7.89. The summed E-state index contributed by atoms with van der Waals surface area (Å²) >= 11 is 7.54. The van der Waals surface area contributed by atoms with E-state index in [0.717, 1.165) is 27.1 Å². The second kappa shape index (κ2) is 10.3. The Kier molecular flexibility index (Phi) is 7.51. The van der Waals surface area contributed by atoms with Crippen LogP contribution in [-0.4, -0.2) is 47.6 Å². The van der Waals surface area contributed by atoms with Crippen molar-refractivity contribution in [2.75, 3.05) is 13.1 Å². The molecule has 11 heteroatoms. The molecule has 0 fully saturated rings. The van der Waals surface area contributed by atoms with E-state index in [1.54, 1.807) is 30.1 Å². The van der Waals surface area contributed by atoms with Gasteiger partial charge in [0.2, 0.25) is 15.9 Å². The van der Waals surface area contributed by atoms with Gasteiger partial charge >= 0.3 is 0 Å². The highest BCUT2D eigenvalue weighted by Gasteiger charge is 2.37. The predicted molar refractivity (Wildman–Crippen MR) is 140 cm³/mol. The molecular weight excluding hydrogens is 522 g/mol. The summed E-state index contributed by atoms with van der Waals surface area (Å²) in [6.07, 6.45) is 0.693. The van der Waals surface area contributed by atoms with E-state index < -0.39 is 33.2 Å². The molecule has 2 aromatic carbocycles. The van der Waals surface area contributed by atoms with Gasteiger partial charge in [-0.1, -0.05) is 35.9 Å². The highest BCUT2D eigenvalue weighted by Crippen LogP contribution is 2.39. The molecule has 0 N–H and O–H groups in total. The molecule has 8 nitrogen and oxygen atoms in total. The largest absolute Gasteiger partial charge is 0.330 e. The van der Waals surface area contributed by atoms with E-state index in [0.29, 0.717) is 13.0 Å². The van der Waals surface area contributed by atoms with Crippen LogP contribution >= 0.6 is 22.9 Å². The predicted octanol–water partition coefficient (Wildman–Crippen LogP) is 5.19. The molecule has 1 aliphatic rings. The average Bonchev–Trinajstić information content (AvgIpc) is 3.31. The van der Waals surface area contributed by atoms with Crippen molar-refractivity contribution in [1.82, 2.24) is 9.21 Å². The molecule has 4 rings (SSSR count). The van der Waals surface area contributed by atoms with Crippen molar-refractivity contribution in [1.29, 1.82) is 0 Å². The standard InChI is InChI=1S/C25H26ClN3O5S2/c1-16(2)28(36(33,34)18-8-9-21(26)22(14-18)29(31)32)15-24(30)27-12-10-23-20(11-13-35-23)25(27)19-7-5-4-6-17(19)3/h4-9,11,13-14,16,25H,10,12,15H2,1-3H3/t25-/m1/s1. The summed E-state index contributed by atoms with van der Waals surface area (Å²) in [4.78, 5) is 27.0. The summed E-state index contributed by atoms with van der Waals surface area (Å²) in [5.41, 5.74) is 2.59. The van der Waals surface area contributed by atoms with Crippen LogP contribution in [0.1, 0.15) is 41.5 Å². The molecule has 1 amide bonds. The lowest BCUT2D eigenvalue weighted by atomic mass is 9.90. The van der Waals surface area contributed by atoms with Gasteiger partial charge in [0.1, 0.15) is 5.02 Å². The number of aryl methyl sites for hydroxylation is 1. The van der Waals surface area contributed by atoms with Crippen LogP contribution in [0.2, 0.25) is 5.02 Å². The SMILES string of the molecule is Cc1ccccc1[C@@H]1c2ccsc2CCN1C(=O)CN(C(C)C)S(=O)(=O)c1ccc(Cl)c([N+](=O)[O-])c1. The first-order valence-corrected chi connectivity index (χ1v) is 14.1. The molecule has 0 saturated heterocycles. The third-order valence-corrected chi connectivity index (χ3v) is 9.69. The lowest BCUT2D eigenvalue weighted by molar-refractivity contribution is -0.384. The van der Waals surface area contributed by atoms with Gasteiger partial charge in [0.05, 0.1) is 22.4 Å². The van der Waals surface area contributed by atoms with E-state index >= 15 is 0 Å². The minimum atomic E-state index is -4.22. The number of amides is 1. The molecule has 3 aromatic rings. The molecule has 0 bridgehead atoms. The fourth-order valence-corrected chi connectivity index (χ4v) is 7.21. The second-order valence-corrected chi connectivity index (χ2v) is 12.2. The Labute approximate surface area is 219 Å². The van der Waals surface area contributed by atoms with Crippen molar-refractivity contribution in [2.24, 2.45) is 0 Å². The number of thiophene rings is 1. The van der Waals surface area contributed by atoms with Crippen LogP contribution in [-0.2, 0) is 21.2 Å². The number of benzene rings is 2. The van der Waals surface area contributed by atoms with Crippen LogP contribution in [0.3, 0.4) is 0 Å². The average molecular weight is 548 g/mol. The van der Waals surface area contributed by atoms with Crippen molar-refractivity contribution in [3.63, 3.8) is 0 Å². The Morgan fingerprint density at radius 2 is 1.94 bits per heavy atom. The summed E-state index contributed by atoms with van der Waals surface area (Å²) in [6, 6.07) is 12.4. The summed E-state index contributed by atoms with van der Waals surface area (Å²) < 4.78 is 28.1. The van der Waals surface area contributed by atoms with Crippen LogP contribution < -0.4 is 0 Å². The molecule has 0 aliphatic carbocycles.